The Kier molecular flexibility index (Phi) is 2.45. The molecule has 13 heavy (non-hydrogen) atoms. The summed E-state index contributed by atoms with van der Waals surface area (Å²) < 4.78 is 27.2. The molecule has 2 saturated heterocycles. The smallest absolute Gasteiger partial charge is 0.252 e. The Morgan fingerprint density at radius 1 is 1.38 bits per heavy atom. The van der Waals surface area contributed by atoms with Crippen molar-refractivity contribution in [1.29, 1.82) is 0 Å². The SMILES string of the molecule is C=COP(=O)(CC1CO1)CC1CO1. The second kappa shape index (κ2) is 3.45. The molecular formula is C8H13O4P. The van der Waals surface area contributed by atoms with Gasteiger partial charge in [0.2, 0.25) is 0 Å². The van der Waals surface area contributed by atoms with Gasteiger partial charge in [0.15, 0.2) is 0 Å². The molecule has 0 spiro atoms. The fourth-order valence-corrected chi connectivity index (χ4v) is 3.52. The van der Waals surface area contributed by atoms with E-state index in [0.29, 0.717) is 25.5 Å². The lowest BCUT2D eigenvalue weighted by molar-refractivity contribution is 0.389. The third kappa shape index (κ3) is 2.83. The lowest BCUT2D eigenvalue weighted by Gasteiger charge is -2.14. The largest absolute Gasteiger partial charge is 0.451 e. The van der Waals surface area contributed by atoms with Crippen LogP contribution in [0.1, 0.15) is 0 Å². The molecule has 0 aromatic heterocycles. The van der Waals surface area contributed by atoms with Crippen molar-refractivity contribution in [2.45, 2.75) is 12.2 Å². The van der Waals surface area contributed by atoms with Gasteiger partial charge in [-0.15, -0.1) is 0 Å². The predicted octanol–water partition coefficient (Wildman–Crippen LogP) is 1.22. The summed E-state index contributed by atoms with van der Waals surface area (Å²) in [5, 5.41) is 0. The summed E-state index contributed by atoms with van der Waals surface area (Å²) in [7, 11) is -2.57. The maximum Gasteiger partial charge on any atom is 0.252 e. The minimum atomic E-state index is -2.57. The molecule has 0 saturated carbocycles. The quantitative estimate of drug-likeness (QED) is 0.371. The molecule has 2 aliphatic rings. The first kappa shape index (κ1) is 9.25. The van der Waals surface area contributed by atoms with Gasteiger partial charge in [0.05, 0.1) is 44.0 Å². The molecule has 2 fully saturated rings. The van der Waals surface area contributed by atoms with E-state index in [2.05, 4.69) is 6.58 Å². The Balaban J connectivity index is 1.89. The molecule has 0 aromatic rings. The maximum absolute atomic E-state index is 12.1. The van der Waals surface area contributed by atoms with Crippen LogP contribution in [0.3, 0.4) is 0 Å². The van der Waals surface area contributed by atoms with Crippen LogP contribution in [0.5, 0.6) is 0 Å². The molecule has 2 unspecified atom stereocenters. The van der Waals surface area contributed by atoms with E-state index in [4.69, 9.17) is 14.0 Å². The topological polar surface area (TPSA) is 51.4 Å². The third-order valence-electron chi connectivity index (χ3n) is 2.03. The van der Waals surface area contributed by atoms with Gasteiger partial charge in [-0.05, 0) is 0 Å². The highest BCUT2D eigenvalue weighted by atomic mass is 31.2. The van der Waals surface area contributed by atoms with Crippen LogP contribution in [0.15, 0.2) is 12.8 Å². The zero-order valence-electron chi connectivity index (χ0n) is 7.35. The highest BCUT2D eigenvalue weighted by molar-refractivity contribution is 7.59. The van der Waals surface area contributed by atoms with Gasteiger partial charge in [-0.1, -0.05) is 6.58 Å². The molecule has 2 atom stereocenters. The first-order valence-electron chi connectivity index (χ1n) is 4.32. The molecular weight excluding hydrogens is 191 g/mol. The summed E-state index contributed by atoms with van der Waals surface area (Å²) >= 11 is 0. The number of ether oxygens (including phenoxy) is 2. The predicted molar refractivity (Wildman–Crippen MR) is 48.1 cm³/mol. The normalized spacial score (nSPS) is 34.8. The van der Waals surface area contributed by atoms with E-state index in [0.717, 1.165) is 0 Å². The van der Waals surface area contributed by atoms with Crippen LogP contribution >= 0.6 is 7.37 Å². The molecule has 0 bridgehead atoms. The van der Waals surface area contributed by atoms with Crippen molar-refractivity contribution in [2.75, 3.05) is 25.5 Å². The van der Waals surface area contributed by atoms with E-state index < -0.39 is 7.37 Å². The number of hydrogen-bond acceptors (Lipinski definition) is 4. The van der Waals surface area contributed by atoms with Crippen molar-refractivity contribution >= 4 is 7.37 Å². The molecule has 5 heteroatoms. The molecule has 0 amide bonds. The van der Waals surface area contributed by atoms with Gasteiger partial charge in [-0.25, -0.2) is 0 Å². The number of rotatable bonds is 6. The van der Waals surface area contributed by atoms with Gasteiger partial charge in [0, 0.05) is 0 Å². The van der Waals surface area contributed by atoms with Crippen molar-refractivity contribution in [3.8, 4) is 0 Å². The van der Waals surface area contributed by atoms with Crippen LogP contribution in [-0.4, -0.2) is 37.7 Å². The zero-order chi connectivity index (χ0) is 9.31. The fourth-order valence-electron chi connectivity index (χ4n) is 1.26. The van der Waals surface area contributed by atoms with Gasteiger partial charge in [-0.3, -0.25) is 4.57 Å². The molecule has 0 radical (unpaired) electrons. The Morgan fingerprint density at radius 2 is 1.85 bits per heavy atom. The van der Waals surface area contributed by atoms with Crippen LogP contribution in [-0.2, 0) is 18.6 Å². The summed E-state index contributed by atoms with van der Waals surface area (Å²) in [5.74, 6) is 0. The molecule has 0 aliphatic carbocycles. The van der Waals surface area contributed by atoms with Crippen molar-refractivity contribution in [1.82, 2.24) is 0 Å². The molecule has 0 aromatic carbocycles. The van der Waals surface area contributed by atoms with Gasteiger partial charge in [0.25, 0.3) is 7.37 Å². The highest BCUT2D eigenvalue weighted by Crippen LogP contribution is 2.51. The first-order valence-corrected chi connectivity index (χ1v) is 6.32. The Bertz CT molecular complexity index is 227. The highest BCUT2D eigenvalue weighted by Gasteiger charge is 2.40. The second-order valence-electron chi connectivity index (χ2n) is 3.36. The van der Waals surface area contributed by atoms with Crippen LogP contribution < -0.4 is 0 Å². The lowest BCUT2D eigenvalue weighted by Crippen LogP contribution is -2.06. The van der Waals surface area contributed by atoms with Gasteiger partial charge in [0.1, 0.15) is 0 Å². The van der Waals surface area contributed by atoms with Crippen LogP contribution in [0.2, 0.25) is 0 Å². The van der Waals surface area contributed by atoms with E-state index in [-0.39, 0.29) is 12.2 Å². The molecule has 2 heterocycles. The molecule has 0 N–H and O–H groups in total. The van der Waals surface area contributed by atoms with E-state index in [1.54, 1.807) is 0 Å². The Hall–Kier alpha value is -0.310. The maximum atomic E-state index is 12.1. The van der Waals surface area contributed by atoms with E-state index in [9.17, 15) is 4.57 Å². The molecule has 2 rings (SSSR count). The van der Waals surface area contributed by atoms with Gasteiger partial charge in [-0.2, -0.15) is 0 Å². The Morgan fingerprint density at radius 3 is 2.15 bits per heavy atom. The summed E-state index contributed by atoms with van der Waals surface area (Å²) in [4.78, 5) is 0. The van der Waals surface area contributed by atoms with E-state index in [1.807, 2.05) is 0 Å². The Labute approximate surface area is 77.3 Å². The summed E-state index contributed by atoms with van der Waals surface area (Å²) in [6, 6.07) is 0. The minimum Gasteiger partial charge on any atom is -0.451 e. The van der Waals surface area contributed by atoms with Gasteiger partial charge >= 0.3 is 0 Å². The summed E-state index contributed by atoms with van der Waals surface area (Å²) in [5.41, 5.74) is 0. The average molecular weight is 204 g/mol. The zero-order valence-corrected chi connectivity index (χ0v) is 8.24. The van der Waals surface area contributed by atoms with E-state index in [1.165, 1.54) is 6.26 Å². The summed E-state index contributed by atoms with van der Waals surface area (Å²) in [6.45, 7) is 4.83. The number of hydrogen-bond donors (Lipinski definition) is 0. The average Bonchev–Trinajstić information content (AvgIpc) is 2.85. The number of epoxide rings is 2. The first-order chi connectivity index (χ1) is 6.22. The lowest BCUT2D eigenvalue weighted by atomic mass is 10.6. The molecule has 4 nitrogen and oxygen atoms in total. The van der Waals surface area contributed by atoms with E-state index >= 15 is 0 Å². The second-order valence-corrected chi connectivity index (χ2v) is 5.93. The molecule has 74 valence electrons. The van der Waals surface area contributed by atoms with Crippen molar-refractivity contribution in [3.63, 3.8) is 0 Å². The van der Waals surface area contributed by atoms with Crippen molar-refractivity contribution in [3.05, 3.63) is 12.8 Å². The monoisotopic (exact) mass is 204 g/mol. The van der Waals surface area contributed by atoms with Crippen molar-refractivity contribution in [2.24, 2.45) is 0 Å². The van der Waals surface area contributed by atoms with Crippen LogP contribution in [0.4, 0.5) is 0 Å². The van der Waals surface area contributed by atoms with Gasteiger partial charge < -0.3 is 14.0 Å². The van der Waals surface area contributed by atoms with Crippen LogP contribution in [0.25, 0.3) is 0 Å². The fraction of sp³-hybridized carbons (Fsp3) is 0.750. The van der Waals surface area contributed by atoms with Crippen molar-refractivity contribution < 1.29 is 18.6 Å². The van der Waals surface area contributed by atoms with Crippen LogP contribution in [0, 0.1) is 0 Å². The molecule has 2 aliphatic heterocycles. The minimum absolute atomic E-state index is 0.129. The standard InChI is InChI=1S/C8H13O4P/c1-2-12-13(9,5-7-3-10-7)6-8-4-11-8/h2,7-8H,1,3-6H2. The summed E-state index contributed by atoms with van der Waals surface area (Å²) in [6.07, 6.45) is 2.51. The third-order valence-corrected chi connectivity index (χ3v) is 4.50.